The van der Waals surface area contributed by atoms with Crippen LogP contribution in [0.15, 0.2) is 24.3 Å². The van der Waals surface area contributed by atoms with E-state index < -0.39 is 0 Å². The van der Waals surface area contributed by atoms with Crippen LogP contribution in [0.1, 0.15) is 0 Å². The van der Waals surface area contributed by atoms with E-state index in [1.807, 2.05) is 19.2 Å². The summed E-state index contributed by atoms with van der Waals surface area (Å²) >= 11 is 0. The Morgan fingerprint density at radius 1 is 1.50 bits per heavy atom. The molecule has 2 N–H and O–H groups in total. The Kier molecular flexibility index (Phi) is 3.74. The van der Waals surface area contributed by atoms with Crippen LogP contribution >= 0.6 is 0 Å². The van der Waals surface area contributed by atoms with E-state index in [0.29, 0.717) is 11.7 Å². The van der Waals surface area contributed by atoms with Crippen molar-refractivity contribution in [1.29, 1.82) is 0 Å². The smallest absolute Gasteiger partial charge is 0.146 e. The van der Waals surface area contributed by atoms with Gasteiger partial charge in [-0.25, -0.2) is 4.39 Å². The van der Waals surface area contributed by atoms with Gasteiger partial charge in [-0.2, -0.15) is 0 Å². The number of halogens is 1. The number of likely N-dealkylation sites (N-methyl/N-ethyl adjacent to an activating group) is 1. The normalized spacial score (nSPS) is 21.1. The predicted molar refractivity (Wildman–Crippen MR) is 64.3 cm³/mol. The molecule has 0 aromatic heterocycles. The van der Waals surface area contributed by atoms with Gasteiger partial charge in [-0.15, -0.1) is 0 Å². The molecule has 1 atom stereocenters. The molecule has 0 aliphatic carbocycles. The van der Waals surface area contributed by atoms with Gasteiger partial charge in [0, 0.05) is 32.2 Å². The highest BCUT2D eigenvalue weighted by Gasteiger charge is 2.20. The molecule has 1 aromatic rings. The molecule has 1 aromatic carbocycles. The lowest BCUT2D eigenvalue weighted by molar-refractivity contribution is 0.439. The second kappa shape index (κ2) is 5.27. The fourth-order valence-electron chi connectivity index (χ4n) is 2.14. The number of nitrogens with zero attached hydrogens (tertiary/aromatic N) is 1. The third-order valence-electron chi connectivity index (χ3n) is 2.90. The molecular weight excluding hydrogens is 205 g/mol. The Hall–Kier alpha value is -1.13. The highest BCUT2D eigenvalue weighted by Crippen LogP contribution is 2.19. The molecule has 16 heavy (non-hydrogen) atoms. The van der Waals surface area contributed by atoms with Crippen molar-refractivity contribution in [3.63, 3.8) is 0 Å². The molecule has 0 spiro atoms. The molecule has 0 amide bonds. The molecule has 0 radical (unpaired) electrons. The summed E-state index contributed by atoms with van der Waals surface area (Å²) in [5, 5.41) is 6.55. The number of para-hydroxylation sites is 1. The summed E-state index contributed by atoms with van der Waals surface area (Å²) in [6.07, 6.45) is 0. The first-order valence-corrected chi connectivity index (χ1v) is 5.68. The SMILES string of the molecule is CNCC1CN(c2ccccc2F)CCN1. The third-order valence-corrected chi connectivity index (χ3v) is 2.90. The molecule has 1 unspecified atom stereocenters. The first-order valence-electron chi connectivity index (χ1n) is 5.68. The zero-order valence-corrected chi connectivity index (χ0v) is 9.54. The first-order chi connectivity index (χ1) is 7.81. The van der Waals surface area contributed by atoms with Gasteiger partial charge in [0.15, 0.2) is 0 Å². The van der Waals surface area contributed by atoms with Gasteiger partial charge >= 0.3 is 0 Å². The van der Waals surface area contributed by atoms with E-state index in [0.717, 1.165) is 26.2 Å². The number of hydrogen-bond acceptors (Lipinski definition) is 3. The minimum atomic E-state index is -0.132. The summed E-state index contributed by atoms with van der Waals surface area (Å²) < 4.78 is 13.6. The van der Waals surface area contributed by atoms with Crippen molar-refractivity contribution in [3.05, 3.63) is 30.1 Å². The quantitative estimate of drug-likeness (QED) is 0.794. The van der Waals surface area contributed by atoms with Gasteiger partial charge in [-0.3, -0.25) is 0 Å². The van der Waals surface area contributed by atoms with E-state index in [9.17, 15) is 4.39 Å². The van der Waals surface area contributed by atoms with Crippen LogP contribution in [0.3, 0.4) is 0 Å². The van der Waals surface area contributed by atoms with Crippen molar-refractivity contribution >= 4 is 5.69 Å². The van der Waals surface area contributed by atoms with Crippen LogP contribution in [0.5, 0.6) is 0 Å². The number of benzene rings is 1. The standard InChI is InChI=1S/C12H18FN3/c1-14-8-10-9-16(7-6-15-10)12-5-3-2-4-11(12)13/h2-5,10,14-15H,6-9H2,1H3. The fraction of sp³-hybridized carbons (Fsp3) is 0.500. The van der Waals surface area contributed by atoms with Gasteiger partial charge in [0.1, 0.15) is 5.82 Å². The third kappa shape index (κ3) is 2.51. The number of rotatable bonds is 3. The Bertz CT molecular complexity index is 341. The number of piperazine rings is 1. The summed E-state index contributed by atoms with van der Waals surface area (Å²) in [5.41, 5.74) is 0.713. The highest BCUT2D eigenvalue weighted by molar-refractivity contribution is 5.48. The van der Waals surface area contributed by atoms with Crippen molar-refractivity contribution < 1.29 is 4.39 Å². The molecule has 4 heteroatoms. The predicted octanol–water partition coefficient (Wildman–Crippen LogP) is 0.823. The van der Waals surface area contributed by atoms with E-state index in [1.165, 1.54) is 6.07 Å². The highest BCUT2D eigenvalue weighted by atomic mass is 19.1. The monoisotopic (exact) mass is 223 g/mol. The van der Waals surface area contributed by atoms with Gasteiger partial charge in [0.05, 0.1) is 5.69 Å². The van der Waals surface area contributed by atoms with Crippen molar-refractivity contribution in [2.75, 3.05) is 38.1 Å². The summed E-state index contributed by atoms with van der Waals surface area (Å²) in [5.74, 6) is -0.132. The van der Waals surface area contributed by atoms with Gasteiger partial charge < -0.3 is 15.5 Å². The molecule has 2 rings (SSSR count). The zero-order chi connectivity index (χ0) is 11.4. The molecule has 1 fully saturated rings. The van der Waals surface area contributed by atoms with E-state index >= 15 is 0 Å². The van der Waals surface area contributed by atoms with Gasteiger partial charge in [-0.05, 0) is 19.2 Å². The second-order valence-corrected chi connectivity index (χ2v) is 4.11. The van der Waals surface area contributed by atoms with Crippen LogP contribution in [-0.2, 0) is 0 Å². The molecule has 0 bridgehead atoms. The summed E-state index contributed by atoms with van der Waals surface area (Å²) in [7, 11) is 1.93. The molecule has 1 aliphatic heterocycles. The van der Waals surface area contributed by atoms with Crippen LogP contribution in [-0.4, -0.2) is 39.3 Å². The molecule has 1 saturated heterocycles. The Morgan fingerprint density at radius 3 is 3.06 bits per heavy atom. The lowest BCUT2D eigenvalue weighted by atomic mass is 10.1. The van der Waals surface area contributed by atoms with Crippen LogP contribution in [0.4, 0.5) is 10.1 Å². The van der Waals surface area contributed by atoms with Crippen LogP contribution in [0, 0.1) is 5.82 Å². The lowest BCUT2D eigenvalue weighted by Crippen LogP contribution is -2.54. The minimum Gasteiger partial charge on any atom is -0.366 e. The number of anilines is 1. The van der Waals surface area contributed by atoms with Gasteiger partial charge in [0.25, 0.3) is 0 Å². The summed E-state index contributed by atoms with van der Waals surface area (Å²) in [6, 6.07) is 7.36. The molecule has 3 nitrogen and oxygen atoms in total. The number of nitrogens with one attached hydrogen (secondary N) is 2. The van der Waals surface area contributed by atoms with Crippen molar-refractivity contribution in [2.45, 2.75) is 6.04 Å². The Balaban J connectivity index is 2.07. The number of hydrogen-bond donors (Lipinski definition) is 2. The lowest BCUT2D eigenvalue weighted by Gasteiger charge is -2.35. The average Bonchev–Trinajstić information content (AvgIpc) is 2.30. The molecule has 88 valence electrons. The van der Waals surface area contributed by atoms with Gasteiger partial charge in [0.2, 0.25) is 0 Å². The Labute approximate surface area is 95.6 Å². The molecule has 0 saturated carbocycles. The zero-order valence-electron chi connectivity index (χ0n) is 9.54. The average molecular weight is 223 g/mol. The fourth-order valence-corrected chi connectivity index (χ4v) is 2.14. The van der Waals surface area contributed by atoms with Crippen molar-refractivity contribution in [3.8, 4) is 0 Å². The van der Waals surface area contributed by atoms with Gasteiger partial charge in [-0.1, -0.05) is 12.1 Å². The molecular formula is C12H18FN3. The maximum absolute atomic E-state index is 13.6. The molecule has 1 aliphatic rings. The molecule has 1 heterocycles. The van der Waals surface area contributed by atoms with E-state index in [-0.39, 0.29) is 5.82 Å². The minimum absolute atomic E-state index is 0.132. The van der Waals surface area contributed by atoms with E-state index in [1.54, 1.807) is 6.07 Å². The van der Waals surface area contributed by atoms with Crippen molar-refractivity contribution in [1.82, 2.24) is 10.6 Å². The van der Waals surface area contributed by atoms with E-state index in [4.69, 9.17) is 0 Å². The van der Waals surface area contributed by atoms with Crippen LogP contribution in [0.25, 0.3) is 0 Å². The second-order valence-electron chi connectivity index (χ2n) is 4.11. The largest absolute Gasteiger partial charge is 0.366 e. The summed E-state index contributed by atoms with van der Waals surface area (Å²) in [4.78, 5) is 2.10. The van der Waals surface area contributed by atoms with Crippen molar-refractivity contribution in [2.24, 2.45) is 0 Å². The van der Waals surface area contributed by atoms with Crippen LogP contribution in [0.2, 0.25) is 0 Å². The van der Waals surface area contributed by atoms with E-state index in [2.05, 4.69) is 15.5 Å². The first kappa shape index (κ1) is 11.4. The summed E-state index contributed by atoms with van der Waals surface area (Å²) in [6.45, 7) is 3.52. The maximum Gasteiger partial charge on any atom is 0.146 e. The topological polar surface area (TPSA) is 27.3 Å². The van der Waals surface area contributed by atoms with Crippen LogP contribution < -0.4 is 15.5 Å². The maximum atomic E-state index is 13.6. The Morgan fingerprint density at radius 2 is 2.31 bits per heavy atom.